The molecule has 90 valence electrons. The first kappa shape index (κ1) is 11.9. The normalized spacial score (nSPS) is 19.5. The minimum Gasteiger partial charge on any atom is -0.358 e. The van der Waals surface area contributed by atoms with Crippen molar-refractivity contribution in [2.45, 2.75) is 6.42 Å². The van der Waals surface area contributed by atoms with E-state index in [0.717, 1.165) is 5.69 Å². The third kappa shape index (κ3) is 2.26. The van der Waals surface area contributed by atoms with Crippen LogP contribution < -0.4 is 10.2 Å². The highest BCUT2D eigenvalue weighted by Crippen LogP contribution is 2.26. The molecule has 1 atom stereocenters. The number of anilines is 1. The summed E-state index contributed by atoms with van der Waals surface area (Å²) < 4.78 is 0. The Bertz CT molecular complexity index is 444. The van der Waals surface area contributed by atoms with Gasteiger partial charge >= 0.3 is 0 Å². The molecular weight excluding hydrogens is 240 g/mol. The van der Waals surface area contributed by atoms with Crippen molar-refractivity contribution in [1.29, 1.82) is 0 Å². The van der Waals surface area contributed by atoms with Crippen LogP contribution in [0.25, 0.3) is 0 Å². The average molecular weight is 253 g/mol. The van der Waals surface area contributed by atoms with Crippen molar-refractivity contribution in [1.82, 2.24) is 5.32 Å². The van der Waals surface area contributed by atoms with Crippen LogP contribution in [0.1, 0.15) is 6.42 Å². The van der Waals surface area contributed by atoms with E-state index < -0.39 is 5.92 Å². The standard InChI is InChI=1S/C12H13ClN2O2/c1-14-11(16)10-6-7-15(12(10)17)9-4-2-8(13)3-5-9/h2-5,10H,6-7H2,1H3,(H,14,16). The van der Waals surface area contributed by atoms with E-state index in [1.807, 2.05) is 0 Å². The van der Waals surface area contributed by atoms with Gasteiger partial charge in [-0.2, -0.15) is 0 Å². The minimum absolute atomic E-state index is 0.147. The molecule has 5 heteroatoms. The average Bonchev–Trinajstić information content (AvgIpc) is 2.71. The Morgan fingerprint density at radius 2 is 2.06 bits per heavy atom. The predicted octanol–water partition coefficient (Wildman–Crippen LogP) is 1.44. The first-order chi connectivity index (χ1) is 8.13. The van der Waals surface area contributed by atoms with Gasteiger partial charge in [0.1, 0.15) is 5.92 Å². The molecule has 1 aromatic carbocycles. The number of benzene rings is 1. The van der Waals surface area contributed by atoms with Gasteiger partial charge in [0.15, 0.2) is 0 Å². The van der Waals surface area contributed by atoms with Crippen molar-refractivity contribution in [3.05, 3.63) is 29.3 Å². The first-order valence-electron chi connectivity index (χ1n) is 5.42. The molecule has 4 nitrogen and oxygen atoms in total. The molecule has 0 aromatic heterocycles. The fourth-order valence-corrected chi connectivity index (χ4v) is 2.10. The number of amides is 2. The summed E-state index contributed by atoms with van der Waals surface area (Å²) in [5.41, 5.74) is 0.783. The monoisotopic (exact) mass is 252 g/mol. The van der Waals surface area contributed by atoms with Crippen molar-refractivity contribution < 1.29 is 9.59 Å². The fourth-order valence-electron chi connectivity index (χ4n) is 1.97. The zero-order valence-corrected chi connectivity index (χ0v) is 10.2. The molecule has 1 saturated heterocycles. The van der Waals surface area contributed by atoms with Gasteiger partial charge in [-0.15, -0.1) is 0 Å². The van der Waals surface area contributed by atoms with Crippen LogP contribution in [0.4, 0.5) is 5.69 Å². The molecule has 1 unspecified atom stereocenters. The van der Waals surface area contributed by atoms with Crippen LogP contribution in [0, 0.1) is 5.92 Å². The largest absolute Gasteiger partial charge is 0.358 e. The Labute approximate surface area is 105 Å². The van der Waals surface area contributed by atoms with Crippen molar-refractivity contribution in [2.24, 2.45) is 5.92 Å². The summed E-state index contributed by atoms with van der Waals surface area (Å²) in [7, 11) is 1.54. The van der Waals surface area contributed by atoms with Crippen molar-refractivity contribution in [3.63, 3.8) is 0 Å². The number of rotatable bonds is 2. The third-order valence-electron chi connectivity index (χ3n) is 2.91. The van der Waals surface area contributed by atoms with Crippen molar-refractivity contribution in [3.8, 4) is 0 Å². The SMILES string of the molecule is CNC(=O)C1CCN(c2ccc(Cl)cc2)C1=O. The lowest BCUT2D eigenvalue weighted by Crippen LogP contribution is -2.35. The van der Waals surface area contributed by atoms with Gasteiger partial charge in [0.05, 0.1) is 0 Å². The Hall–Kier alpha value is -1.55. The van der Waals surface area contributed by atoms with E-state index in [-0.39, 0.29) is 11.8 Å². The lowest BCUT2D eigenvalue weighted by Gasteiger charge is -2.16. The molecule has 0 spiro atoms. The van der Waals surface area contributed by atoms with Gasteiger partial charge in [0.25, 0.3) is 0 Å². The van der Waals surface area contributed by atoms with E-state index in [0.29, 0.717) is 18.0 Å². The van der Waals surface area contributed by atoms with E-state index in [2.05, 4.69) is 5.32 Å². The number of nitrogens with one attached hydrogen (secondary N) is 1. The summed E-state index contributed by atoms with van der Waals surface area (Å²) in [6, 6.07) is 7.04. The molecule has 2 rings (SSSR count). The molecule has 0 aliphatic carbocycles. The third-order valence-corrected chi connectivity index (χ3v) is 3.16. The summed E-state index contributed by atoms with van der Waals surface area (Å²) in [4.78, 5) is 25.1. The Morgan fingerprint density at radius 3 is 2.65 bits per heavy atom. The summed E-state index contributed by atoms with van der Waals surface area (Å²) in [5.74, 6) is -0.922. The zero-order chi connectivity index (χ0) is 12.4. The molecule has 1 aromatic rings. The number of halogens is 1. The molecule has 1 heterocycles. The molecule has 2 amide bonds. The van der Waals surface area contributed by atoms with Crippen LogP contribution in [-0.4, -0.2) is 25.4 Å². The second kappa shape index (κ2) is 4.75. The highest BCUT2D eigenvalue weighted by atomic mass is 35.5. The molecule has 1 aliphatic rings. The van der Waals surface area contributed by atoms with Crippen LogP contribution in [0.2, 0.25) is 5.02 Å². The molecule has 0 radical (unpaired) electrons. The van der Waals surface area contributed by atoms with E-state index >= 15 is 0 Å². The van der Waals surface area contributed by atoms with Crippen molar-refractivity contribution in [2.75, 3.05) is 18.5 Å². The molecular formula is C12H13ClN2O2. The second-order valence-corrected chi connectivity index (χ2v) is 4.36. The number of carbonyl (C=O) groups is 2. The summed E-state index contributed by atoms with van der Waals surface area (Å²) in [6.07, 6.45) is 0.557. The van der Waals surface area contributed by atoms with Crippen LogP contribution in [0.5, 0.6) is 0 Å². The number of carbonyl (C=O) groups excluding carboxylic acids is 2. The van der Waals surface area contributed by atoms with Crippen LogP contribution in [0.3, 0.4) is 0 Å². The Morgan fingerprint density at radius 1 is 1.41 bits per heavy atom. The summed E-state index contributed by atoms with van der Waals surface area (Å²) in [5, 5.41) is 3.14. The highest BCUT2D eigenvalue weighted by molar-refractivity contribution is 6.30. The molecule has 0 saturated carbocycles. The smallest absolute Gasteiger partial charge is 0.239 e. The quantitative estimate of drug-likeness (QED) is 0.810. The topological polar surface area (TPSA) is 49.4 Å². The first-order valence-corrected chi connectivity index (χ1v) is 5.80. The van der Waals surface area contributed by atoms with Crippen LogP contribution in [-0.2, 0) is 9.59 Å². The van der Waals surface area contributed by atoms with E-state index in [9.17, 15) is 9.59 Å². The van der Waals surface area contributed by atoms with Crippen LogP contribution in [0.15, 0.2) is 24.3 Å². The highest BCUT2D eigenvalue weighted by Gasteiger charge is 2.36. The number of hydrogen-bond acceptors (Lipinski definition) is 2. The van der Waals surface area contributed by atoms with Gasteiger partial charge in [0.2, 0.25) is 11.8 Å². The van der Waals surface area contributed by atoms with Gasteiger partial charge in [0, 0.05) is 24.3 Å². The van der Waals surface area contributed by atoms with Crippen LogP contribution >= 0.6 is 11.6 Å². The lowest BCUT2D eigenvalue weighted by atomic mass is 10.1. The zero-order valence-electron chi connectivity index (χ0n) is 9.44. The molecule has 1 fully saturated rings. The lowest BCUT2D eigenvalue weighted by molar-refractivity contribution is -0.131. The summed E-state index contributed by atoms with van der Waals surface area (Å²) in [6.45, 7) is 0.568. The van der Waals surface area contributed by atoms with Gasteiger partial charge in [-0.25, -0.2) is 0 Å². The second-order valence-electron chi connectivity index (χ2n) is 3.92. The molecule has 17 heavy (non-hydrogen) atoms. The maximum absolute atomic E-state index is 12.0. The number of nitrogens with zero attached hydrogens (tertiary/aromatic N) is 1. The maximum Gasteiger partial charge on any atom is 0.239 e. The van der Waals surface area contributed by atoms with Gasteiger partial charge in [-0.3, -0.25) is 9.59 Å². The van der Waals surface area contributed by atoms with Crippen molar-refractivity contribution >= 4 is 29.1 Å². The fraction of sp³-hybridized carbons (Fsp3) is 0.333. The van der Waals surface area contributed by atoms with Gasteiger partial charge < -0.3 is 10.2 Å². The van der Waals surface area contributed by atoms with E-state index in [4.69, 9.17) is 11.6 Å². The Kier molecular flexibility index (Phi) is 3.33. The maximum atomic E-state index is 12.0. The summed E-state index contributed by atoms with van der Waals surface area (Å²) >= 11 is 5.79. The van der Waals surface area contributed by atoms with Gasteiger partial charge in [-0.1, -0.05) is 11.6 Å². The molecule has 1 N–H and O–H groups in total. The predicted molar refractivity (Wildman–Crippen MR) is 66.0 cm³/mol. The van der Waals surface area contributed by atoms with E-state index in [1.54, 1.807) is 36.2 Å². The Balaban J connectivity index is 2.17. The molecule has 0 bridgehead atoms. The van der Waals surface area contributed by atoms with Gasteiger partial charge in [-0.05, 0) is 30.7 Å². The number of hydrogen-bond donors (Lipinski definition) is 1. The van der Waals surface area contributed by atoms with E-state index in [1.165, 1.54) is 0 Å². The molecule has 1 aliphatic heterocycles. The minimum atomic E-state index is -0.560.